The van der Waals surface area contributed by atoms with Crippen molar-refractivity contribution < 1.29 is 19.8 Å². The van der Waals surface area contributed by atoms with E-state index in [0.29, 0.717) is 6.54 Å². The largest absolute Gasteiger partial charge is 0.481 e. The van der Waals surface area contributed by atoms with Crippen LogP contribution in [0.2, 0.25) is 0 Å². The average Bonchev–Trinajstić information content (AvgIpc) is 2.44. The molecule has 0 saturated heterocycles. The summed E-state index contributed by atoms with van der Waals surface area (Å²) in [6.45, 7) is 2.28. The first kappa shape index (κ1) is 11.5. The molecule has 0 aromatic carbocycles. The maximum Gasteiger partial charge on any atom is 0.323 e. The van der Waals surface area contributed by atoms with E-state index >= 15 is 0 Å². The predicted molar refractivity (Wildman–Crippen MR) is 51.9 cm³/mol. The number of hydrazine groups is 1. The Labute approximate surface area is 87.4 Å². The Morgan fingerprint density at radius 3 is 2.47 bits per heavy atom. The lowest BCUT2D eigenvalue weighted by molar-refractivity contribution is -0.154. The second-order valence-electron chi connectivity index (χ2n) is 3.44. The number of allylic oxidation sites excluding steroid dienone is 1. The topological polar surface area (TPSA) is 81.1 Å². The van der Waals surface area contributed by atoms with Crippen molar-refractivity contribution in [1.82, 2.24) is 10.0 Å². The number of carboxylic acids is 2. The number of hydrogen-bond acceptors (Lipinski definition) is 4. The quantitative estimate of drug-likeness (QED) is 0.684. The van der Waals surface area contributed by atoms with Crippen LogP contribution in [-0.2, 0) is 9.59 Å². The molecule has 15 heavy (non-hydrogen) atoms. The van der Waals surface area contributed by atoms with Crippen molar-refractivity contribution in [3.05, 3.63) is 11.8 Å². The van der Waals surface area contributed by atoms with Gasteiger partial charge in [-0.05, 0) is 13.0 Å². The molecule has 0 aromatic heterocycles. The van der Waals surface area contributed by atoms with Gasteiger partial charge in [0.2, 0.25) is 0 Å². The normalized spacial score (nSPS) is 18.8. The number of carbonyl (C=O) groups is 2. The molecule has 1 aliphatic rings. The Hall–Kier alpha value is -1.56. The van der Waals surface area contributed by atoms with E-state index in [9.17, 15) is 9.59 Å². The molecule has 1 aliphatic heterocycles. The van der Waals surface area contributed by atoms with Gasteiger partial charge in [0.05, 0.1) is 6.42 Å². The smallest absolute Gasteiger partial charge is 0.323 e. The highest BCUT2D eigenvalue weighted by atomic mass is 16.4. The minimum Gasteiger partial charge on any atom is -0.481 e. The standard InChI is InChI=1S/C9H14N2O4/c1-6-3-4-11(10(6)2)7(9(14)15)5-8(12)13/h3,7H,4-5H2,1-2H3,(H,12,13)(H,14,15). The highest BCUT2D eigenvalue weighted by Gasteiger charge is 2.32. The van der Waals surface area contributed by atoms with Crippen LogP contribution in [0.15, 0.2) is 11.8 Å². The summed E-state index contributed by atoms with van der Waals surface area (Å²) in [5.41, 5.74) is 0.923. The molecule has 0 aromatic rings. The number of rotatable bonds is 4. The molecule has 1 rings (SSSR count). The Bertz CT molecular complexity index is 313. The Morgan fingerprint density at radius 2 is 2.13 bits per heavy atom. The maximum atomic E-state index is 10.9. The lowest BCUT2D eigenvalue weighted by atomic mass is 10.2. The third-order valence-electron chi connectivity index (χ3n) is 2.48. The van der Waals surface area contributed by atoms with Gasteiger partial charge in [0.15, 0.2) is 0 Å². The van der Waals surface area contributed by atoms with Crippen LogP contribution in [0.3, 0.4) is 0 Å². The fourth-order valence-corrected chi connectivity index (χ4v) is 1.50. The first-order valence-electron chi connectivity index (χ1n) is 4.55. The molecule has 0 aliphatic carbocycles. The minimum atomic E-state index is -1.12. The van der Waals surface area contributed by atoms with Crippen molar-refractivity contribution in [2.24, 2.45) is 0 Å². The molecule has 6 nitrogen and oxygen atoms in total. The zero-order chi connectivity index (χ0) is 11.6. The predicted octanol–water partition coefficient (Wildman–Crippen LogP) is -0.0195. The number of carboxylic acid groups (broad SMARTS) is 2. The summed E-state index contributed by atoms with van der Waals surface area (Å²) in [4.78, 5) is 21.5. The highest BCUT2D eigenvalue weighted by molar-refractivity contribution is 5.80. The summed E-state index contributed by atoms with van der Waals surface area (Å²) in [5.74, 6) is -2.23. The molecule has 1 unspecified atom stereocenters. The SMILES string of the molecule is CC1=CCN(C(CC(=O)O)C(=O)O)N1C. The van der Waals surface area contributed by atoms with Gasteiger partial charge in [-0.1, -0.05) is 0 Å². The maximum absolute atomic E-state index is 10.9. The second kappa shape index (κ2) is 4.31. The average molecular weight is 214 g/mol. The Kier molecular flexibility index (Phi) is 3.31. The van der Waals surface area contributed by atoms with Crippen molar-refractivity contribution in [3.63, 3.8) is 0 Å². The summed E-state index contributed by atoms with van der Waals surface area (Å²) in [6.07, 6.45) is 1.46. The van der Waals surface area contributed by atoms with Crippen LogP contribution in [0, 0.1) is 0 Å². The van der Waals surface area contributed by atoms with Crippen molar-refractivity contribution in [3.8, 4) is 0 Å². The molecule has 84 valence electrons. The summed E-state index contributed by atoms with van der Waals surface area (Å²) in [6, 6.07) is -1.01. The van der Waals surface area contributed by atoms with Gasteiger partial charge in [-0.3, -0.25) is 9.59 Å². The van der Waals surface area contributed by atoms with Crippen molar-refractivity contribution >= 4 is 11.9 Å². The van der Waals surface area contributed by atoms with Crippen LogP contribution in [0.4, 0.5) is 0 Å². The number of hydrogen-bond donors (Lipinski definition) is 2. The van der Waals surface area contributed by atoms with Crippen LogP contribution in [0.25, 0.3) is 0 Å². The van der Waals surface area contributed by atoms with E-state index in [0.717, 1.165) is 5.70 Å². The van der Waals surface area contributed by atoms with E-state index in [-0.39, 0.29) is 0 Å². The number of aliphatic carboxylic acids is 2. The van der Waals surface area contributed by atoms with Gasteiger partial charge in [-0.15, -0.1) is 0 Å². The zero-order valence-corrected chi connectivity index (χ0v) is 8.67. The zero-order valence-electron chi connectivity index (χ0n) is 8.67. The molecule has 0 spiro atoms. The number of nitrogens with zero attached hydrogens (tertiary/aromatic N) is 2. The summed E-state index contributed by atoms with van der Waals surface area (Å²) >= 11 is 0. The summed E-state index contributed by atoms with van der Waals surface area (Å²) in [5, 5.41) is 20.7. The fourth-order valence-electron chi connectivity index (χ4n) is 1.50. The van der Waals surface area contributed by atoms with Gasteiger partial charge < -0.3 is 15.2 Å². The van der Waals surface area contributed by atoms with Crippen molar-refractivity contribution in [2.75, 3.05) is 13.6 Å². The lowest BCUT2D eigenvalue weighted by Gasteiger charge is -2.31. The molecule has 0 radical (unpaired) electrons. The van der Waals surface area contributed by atoms with Gasteiger partial charge in [-0.25, -0.2) is 5.01 Å². The van der Waals surface area contributed by atoms with Crippen molar-refractivity contribution in [1.29, 1.82) is 0 Å². The molecule has 0 saturated carbocycles. The van der Waals surface area contributed by atoms with E-state index in [1.54, 1.807) is 12.1 Å². The van der Waals surface area contributed by atoms with Gasteiger partial charge >= 0.3 is 11.9 Å². The van der Waals surface area contributed by atoms with Crippen LogP contribution in [0.1, 0.15) is 13.3 Å². The van der Waals surface area contributed by atoms with E-state index < -0.39 is 24.4 Å². The highest BCUT2D eigenvalue weighted by Crippen LogP contribution is 2.18. The van der Waals surface area contributed by atoms with Gasteiger partial charge in [0, 0.05) is 19.3 Å². The molecule has 0 bridgehead atoms. The third-order valence-corrected chi connectivity index (χ3v) is 2.48. The van der Waals surface area contributed by atoms with Crippen LogP contribution in [0.5, 0.6) is 0 Å². The molecule has 6 heteroatoms. The second-order valence-corrected chi connectivity index (χ2v) is 3.44. The Balaban J connectivity index is 2.74. The van der Waals surface area contributed by atoms with E-state index in [4.69, 9.17) is 10.2 Å². The van der Waals surface area contributed by atoms with Gasteiger partial charge in [-0.2, -0.15) is 0 Å². The molecule has 0 fully saturated rings. The van der Waals surface area contributed by atoms with E-state index in [1.807, 2.05) is 13.0 Å². The van der Waals surface area contributed by atoms with Crippen LogP contribution < -0.4 is 0 Å². The van der Waals surface area contributed by atoms with Crippen molar-refractivity contribution in [2.45, 2.75) is 19.4 Å². The summed E-state index contributed by atoms with van der Waals surface area (Å²) in [7, 11) is 1.72. The van der Waals surface area contributed by atoms with Gasteiger partial charge in [0.25, 0.3) is 0 Å². The molecular weight excluding hydrogens is 200 g/mol. The fraction of sp³-hybridized carbons (Fsp3) is 0.556. The first-order chi connectivity index (χ1) is 6.93. The van der Waals surface area contributed by atoms with Crippen LogP contribution >= 0.6 is 0 Å². The van der Waals surface area contributed by atoms with Crippen LogP contribution in [-0.4, -0.2) is 51.8 Å². The first-order valence-corrected chi connectivity index (χ1v) is 4.55. The molecule has 0 amide bonds. The Morgan fingerprint density at radius 1 is 1.53 bits per heavy atom. The molecule has 1 heterocycles. The van der Waals surface area contributed by atoms with Gasteiger partial charge in [0.1, 0.15) is 6.04 Å². The minimum absolute atomic E-state index is 0.402. The molecule has 2 N–H and O–H groups in total. The third kappa shape index (κ3) is 2.47. The van der Waals surface area contributed by atoms with E-state index in [2.05, 4.69) is 0 Å². The lowest BCUT2D eigenvalue weighted by Crippen LogP contribution is -2.47. The van der Waals surface area contributed by atoms with E-state index in [1.165, 1.54) is 5.01 Å². The molecule has 1 atom stereocenters. The monoisotopic (exact) mass is 214 g/mol. The summed E-state index contributed by atoms with van der Waals surface area (Å²) < 4.78 is 0. The molecular formula is C9H14N2O4.